The molecule has 178 valence electrons. The second-order valence-electron chi connectivity index (χ2n) is 8.15. The topological polar surface area (TPSA) is 103 Å². The molecule has 3 heterocycles. The molecular formula is C24H28N6O4. The highest BCUT2D eigenvalue weighted by molar-refractivity contribution is 5.87. The normalized spacial score (nSPS) is 17.4. The van der Waals surface area contributed by atoms with Crippen LogP contribution in [-0.4, -0.2) is 74.2 Å². The molecule has 10 heteroatoms. The van der Waals surface area contributed by atoms with Crippen molar-refractivity contribution < 1.29 is 19.1 Å². The molecule has 1 aliphatic heterocycles. The molecule has 0 bridgehead atoms. The second kappa shape index (κ2) is 10.9. The van der Waals surface area contributed by atoms with Gasteiger partial charge in [-0.15, -0.1) is 0 Å². The molecule has 1 aromatic carbocycles. The molecule has 3 aromatic rings. The first kappa shape index (κ1) is 23.4. The second-order valence-corrected chi connectivity index (χ2v) is 8.15. The number of pyridine rings is 1. The molecule has 1 fully saturated rings. The summed E-state index contributed by atoms with van der Waals surface area (Å²) in [6.45, 7) is 3.01. The zero-order valence-corrected chi connectivity index (χ0v) is 19.3. The highest BCUT2D eigenvalue weighted by Gasteiger charge is 2.33. The van der Waals surface area contributed by atoms with Gasteiger partial charge in [0, 0.05) is 19.3 Å². The van der Waals surface area contributed by atoms with E-state index in [0.29, 0.717) is 19.7 Å². The fourth-order valence-electron chi connectivity index (χ4n) is 3.86. The molecule has 2 amide bonds. The minimum Gasteiger partial charge on any atom is -0.497 e. The fraction of sp³-hybridized carbons (Fsp3) is 0.375. The summed E-state index contributed by atoms with van der Waals surface area (Å²) in [6, 6.07) is 12.6. The van der Waals surface area contributed by atoms with Gasteiger partial charge in [0.25, 0.3) is 0 Å². The van der Waals surface area contributed by atoms with Crippen LogP contribution < -0.4 is 4.74 Å². The van der Waals surface area contributed by atoms with E-state index in [1.807, 2.05) is 42.5 Å². The van der Waals surface area contributed by atoms with Crippen molar-refractivity contribution >= 4 is 11.8 Å². The molecular weight excluding hydrogens is 436 g/mol. The van der Waals surface area contributed by atoms with Gasteiger partial charge in [-0.25, -0.2) is 9.67 Å². The summed E-state index contributed by atoms with van der Waals surface area (Å²) in [4.78, 5) is 37.9. The molecule has 10 nitrogen and oxygen atoms in total. The number of nitrogens with zero attached hydrogens (tertiary/aromatic N) is 6. The lowest BCUT2D eigenvalue weighted by Gasteiger charge is -2.26. The Morgan fingerprint density at radius 2 is 2.09 bits per heavy atom. The number of ether oxygens (including phenoxy) is 2. The van der Waals surface area contributed by atoms with E-state index in [-0.39, 0.29) is 31.0 Å². The summed E-state index contributed by atoms with van der Waals surface area (Å²) in [5.41, 5.74) is 1.72. The van der Waals surface area contributed by atoms with E-state index in [9.17, 15) is 9.59 Å². The average molecular weight is 465 g/mol. The van der Waals surface area contributed by atoms with Crippen LogP contribution in [0.1, 0.15) is 24.2 Å². The lowest BCUT2D eigenvalue weighted by Crippen LogP contribution is -2.43. The van der Waals surface area contributed by atoms with Crippen molar-refractivity contribution in [3.63, 3.8) is 0 Å². The van der Waals surface area contributed by atoms with Gasteiger partial charge in [-0.1, -0.05) is 18.2 Å². The van der Waals surface area contributed by atoms with Crippen molar-refractivity contribution in [2.75, 3.05) is 26.7 Å². The molecule has 1 aliphatic rings. The van der Waals surface area contributed by atoms with Crippen molar-refractivity contribution in [3.05, 3.63) is 72.6 Å². The molecule has 1 saturated heterocycles. The van der Waals surface area contributed by atoms with Crippen LogP contribution in [0, 0.1) is 0 Å². The van der Waals surface area contributed by atoms with Crippen LogP contribution in [0.3, 0.4) is 0 Å². The smallest absolute Gasteiger partial charge is 0.247 e. The van der Waals surface area contributed by atoms with Crippen molar-refractivity contribution in [1.82, 2.24) is 29.5 Å². The number of aromatic nitrogens is 4. The van der Waals surface area contributed by atoms with Crippen molar-refractivity contribution in [1.29, 1.82) is 0 Å². The minimum atomic E-state index is -0.586. The van der Waals surface area contributed by atoms with Gasteiger partial charge in [0.2, 0.25) is 11.8 Å². The van der Waals surface area contributed by atoms with Gasteiger partial charge in [-0.2, -0.15) is 5.10 Å². The Kier molecular flexibility index (Phi) is 7.48. The predicted molar refractivity (Wildman–Crippen MR) is 123 cm³/mol. The Morgan fingerprint density at radius 3 is 2.82 bits per heavy atom. The van der Waals surface area contributed by atoms with E-state index in [1.165, 1.54) is 17.3 Å². The van der Waals surface area contributed by atoms with Crippen LogP contribution in [0.2, 0.25) is 0 Å². The SMILES string of the molecule is COc1cccc(CO[C@H]2CN(Cc3ccccn3)C(=O)CN(C(=O)[C@H](C)n3cncn3)C2)c1. The van der Waals surface area contributed by atoms with Gasteiger partial charge in [-0.3, -0.25) is 14.6 Å². The van der Waals surface area contributed by atoms with Crippen molar-refractivity contribution in [2.45, 2.75) is 32.2 Å². The number of carbonyl (C=O) groups excluding carboxylic acids is 2. The van der Waals surface area contributed by atoms with Crippen LogP contribution in [-0.2, 0) is 27.5 Å². The Morgan fingerprint density at radius 1 is 1.21 bits per heavy atom. The molecule has 34 heavy (non-hydrogen) atoms. The number of methoxy groups -OCH3 is 1. The first-order valence-corrected chi connectivity index (χ1v) is 11.1. The van der Waals surface area contributed by atoms with Gasteiger partial charge in [0.15, 0.2) is 0 Å². The maximum absolute atomic E-state index is 13.2. The molecule has 0 spiro atoms. The summed E-state index contributed by atoms with van der Waals surface area (Å²) < 4.78 is 13.0. The van der Waals surface area contributed by atoms with E-state index in [2.05, 4.69) is 15.1 Å². The van der Waals surface area contributed by atoms with E-state index in [1.54, 1.807) is 30.0 Å². The highest BCUT2D eigenvalue weighted by atomic mass is 16.5. The lowest BCUT2D eigenvalue weighted by molar-refractivity contribution is -0.141. The fourth-order valence-corrected chi connectivity index (χ4v) is 3.86. The van der Waals surface area contributed by atoms with Crippen LogP contribution in [0.5, 0.6) is 5.75 Å². The first-order valence-electron chi connectivity index (χ1n) is 11.1. The van der Waals surface area contributed by atoms with Gasteiger partial charge in [-0.05, 0) is 36.8 Å². The van der Waals surface area contributed by atoms with Crippen LogP contribution in [0.25, 0.3) is 0 Å². The number of carbonyl (C=O) groups is 2. The third kappa shape index (κ3) is 5.76. The molecule has 0 N–H and O–H groups in total. The average Bonchev–Trinajstić information content (AvgIpc) is 3.36. The molecule has 2 aromatic heterocycles. The van der Waals surface area contributed by atoms with E-state index >= 15 is 0 Å². The lowest BCUT2D eigenvalue weighted by atomic mass is 10.2. The predicted octanol–water partition coefficient (Wildman–Crippen LogP) is 1.70. The number of amides is 2. The van der Waals surface area contributed by atoms with E-state index < -0.39 is 6.04 Å². The Hall–Kier alpha value is -3.79. The molecule has 0 aliphatic carbocycles. The maximum atomic E-state index is 13.2. The Labute approximate surface area is 198 Å². The van der Waals surface area contributed by atoms with Crippen LogP contribution in [0.4, 0.5) is 0 Å². The van der Waals surface area contributed by atoms with Crippen LogP contribution >= 0.6 is 0 Å². The molecule has 4 rings (SSSR count). The summed E-state index contributed by atoms with van der Waals surface area (Å²) >= 11 is 0. The van der Waals surface area contributed by atoms with Gasteiger partial charge in [0.1, 0.15) is 24.4 Å². The zero-order chi connectivity index (χ0) is 23.9. The molecule has 0 saturated carbocycles. The number of hydrogen-bond donors (Lipinski definition) is 0. The first-order chi connectivity index (χ1) is 16.5. The quantitative estimate of drug-likeness (QED) is 0.500. The number of hydrogen-bond acceptors (Lipinski definition) is 7. The maximum Gasteiger partial charge on any atom is 0.247 e. The van der Waals surface area contributed by atoms with E-state index in [4.69, 9.17) is 9.47 Å². The summed E-state index contributed by atoms with van der Waals surface area (Å²) in [7, 11) is 1.62. The third-order valence-electron chi connectivity index (χ3n) is 5.73. The third-order valence-corrected chi connectivity index (χ3v) is 5.73. The van der Waals surface area contributed by atoms with Crippen molar-refractivity contribution in [3.8, 4) is 5.75 Å². The van der Waals surface area contributed by atoms with Gasteiger partial charge >= 0.3 is 0 Å². The number of rotatable bonds is 8. The largest absolute Gasteiger partial charge is 0.497 e. The Bertz CT molecular complexity index is 1090. The standard InChI is InChI=1S/C24H28N6O4/c1-18(30-17-25-16-27-30)24(32)29-13-22(34-15-19-6-5-8-21(10-19)33-2)12-28(23(31)14-29)11-20-7-3-4-9-26-20/h3-10,16-18,22H,11-15H2,1-2H3/t18-,22-/m0/s1. The molecule has 0 unspecified atom stereocenters. The summed E-state index contributed by atoms with van der Waals surface area (Å²) in [5, 5.41) is 4.07. The summed E-state index contributed by atoms with van der Waals surface area (Å²) in [6.07, 6.45) is 4.19. The van der Waals surface area contributed by atoms with Crippen molar-refractivity contribution in [2.24, 2.45) is 0 Å². The highest BCUT2D eigenvalue weighted by Crippen LogP contribution is 2.18. The number of benzene rings is 1. The minimum absolute atomic E-state index is 0.0380. The Balaban J connectivity index is 1.52. The summed E-state index contributed by atoms with van der Waals surface area (Å²) in [5.74, 6) is 0.373. The van der Waals surface area contributed by atoms with Gasteiger partial charge in [0.05, 0.1) is 38.6 Å². The molecule has 2 atom stereocenters. The zero-order valence-electron chi connectivity index (χ0n) is 19.3. The monoisotopic (exact) mass is 464 g/mol. The van der Waals surface area contributed by atoms with Gasteiger partial charge < -0.3 is 19.3 Å². The van der Waals surface area contributed by atoms with E-state index in [0.717, 1.165) is 17.0 Å². The molecule has 0 radical (unpaired) electrons. The van der Waals surface area contributed by atoms with Crippen LogP contribution in [0.15, 0.2) is 61.3 Å².